The molecule has 0 saturated carbocycles. The number of pyridine rings is 1. The average molecular weight is 514 g/mol. The summed E-state index contributed by atoms with van der Waals surface area (Å²) in [7, 11) is 0. The Labute approximate surface area is 205 Å². The summed E-state index contributed by atoms with van der Waals surface area (Å²) in [4.78, 5) is 24.0. The fourth-order valence-electron chi connectivity index (χ4n) is 3.82. The largest absolute Gasteiger partial charge is 0.481 e. The molecule has 0 aliphatic rings. The van der Waals surface area contributed by atoms with Gasteiger partial charge in [-0.25, -0.2) is 8.78 Å². The highest BCUT2D eigenvalue weighted by molar-refractivity contribution is 5.73. The minimum absolute atomic E-state index is 0.201. The molecule has 37 heavy (non-hydrogen) atoms. The molecule has 0 aliphatic heterocycles. The number of carboxylic acids is 1. The molecule has 0 aliphatic carbocycles. The van der Waals surface area contributed by atoms with Crippen LogP contribution in [0, 0.1) is 23.0 Å². The summed E-state index contributed by atoms with van der Waals surface area (Å²) in [6.07, 6.45) is -4.11. The van der Waals surface area contributed by atoms with Crippen LogP contribution < -0.4 is 5.56 Å². The zero-order valence-corrected chi connectivity index (χ0v) is 18.6. The number of benzene rings is 2. The maximum atomic E-state index is 14.3. The lowest BCUT2D eigenvalue weighted by Crippen LogP contribution is -2.29. The molecule has 2 heterocycles. The summed E-state index contributed by atoms with van der Waals surface area (Å²) < 4.78 is 75.1. The van der Waals surface area contributed by atoms with Gasteiger partial charge in [-0.1, -0.05) is 30.3 Å². The van der Waals surface area contributed by atoms with Gasteiger partial charge >= 0.3 is 12.1 Å². The van der Waals surface area contributed by atoms with Gasteiger partial charge in [0.15, 0.2) is 5.76 Å². The second kappa shape index (κ2) is 9.73. The number of hydrogen-bond acceptors (Lipinski definition) is 4. The van der Waals surface area contributed by atoms with Crippen LogP contribution in [0.15, 0.2) is 70.1 Å². The third-order valence-electron chi connectivity index (χ3n) is 5.53. The molecule has 2 aromatic carbocycles. The molecular formula is C26H15F5N2O4. The molecular weight excluding hydrogens is 499 g/mol. The predicted octanol–water partition coefficient (Wildman–Crippen LogP) is 5.62. The number of nitrogens with zero attached hydrogens (tertiary/aromatic N) is 2. The van der Waals surface area contributed by atoms with Gasteiger partial charge in [0.05, 0.1) is 30.5 Å². The SMILES string of the molecule is N#Cc1c(C(F)(F)F)cc(-c2cc(-c3cccc(CC(=O)O)c3)co2)n(Cc2ccc(F)cc2F)c1=O. The Morgan fingerprint density at radius 1 is 1.05 bits per heavy atom. The van der Waals surface area contributed by atoms with E-state index in [-0.39, 0.29) is 17.7 Å². The number of carboxylic acid groups (broad SMARTS) is 1. The molecule has 6 nitrogen and oxygen atoms in total. The summed E-state index contributed by atoms with van der Waals surface area (Å²) in [6.45, 7) is -0.614. The first-order valence-corrected chi connectivity index (χ1v) is 10.6. The molecule has 188 valence electrons. The second-order valence-electron chi connectivity index (χ2n) is 8.03. The quantitative estimate of drug-likeness (QED) is 0.337. The van der Waals surface area contributed by atoms with Gasteiger partial charge in [-0.2, -0.15) is 18.4 Å². The summed E-state index contributed by atoms with van der Waals surface area (Å²) in [5.41, 5.74) is -3.29. The summed E-state index contributed by atoms with van der Waals surface area (Å²) >= 11 is 0. The predicted molar refractivity (Wildman–Crippen MR) is 120 cm³/mol. The van der Waals surface area contributed by atoms with Gasteiger partial charge in [-0.15, -0.1) is 0 Å². The number of rotatable bonds is 6. The summed E-state index contributed by atoms with van der Waals surface area (Å²) in [6, 6.07) is 12.0. The lowest BCUT2D eigenvalue weighted by Gasteiger charge is -2.16. The fourth-order valence-corrected chi connectivity index (χ4v) is 3.82. The highest BCUT2D eigenvalue weighted by Gasteiger charge is 2.37. The molecule has 11 heteroatoms. The monoisotopic (exact) mass is 514 g/mol. The van der Waals surface area contributed by atoms with E-state index in [1.54, 1.807) is 24.3 Å². The first-order valence-electron chi connectivity index (χ1n) is 10.6. The van der Waals surface area contributed by atoms with E-state index in [2.05, 4.69) is 0 Å². The molecule has 0 bridgehead atoms. The number of halogens is 5. The minimum atomic E-state index is -5.06. The molecule has 0 unspecified atom stereocenters. The van der Waals surface area contributed by atoms with Gasteiger partial charge < -0.3 is 9.52 Å². The van der Waals surface area contributed by atoms with Crippen LogP contribution in [0.4, 0.5) is 22.0 Å². The van der Waals surface area contributed by atoms with Crippen molar-refractivity contribution in [2.75, 3.05) is 0 Å². The third-order valence-corrected chi connectivity index (χ3v) is 5.53. The Kier molecular flexibility index (Phi) is 6.68. The van der Waals surface area contributed by atoms with Gasteiger partial charge in [0.1, 0.15) is 23.3 Å². The molecule has 0 amide bonds. The van der Waals surface area contributed by atoms with Crippen LogP contribution in [0.3, 0.4) is 0 Å². The van der Waals surface area contributed by atoms with E-state index in [9.17, 15) is 36.8 Å². The van der Waals surface area contributed by atoms with Gasteiger partial charge in [0.2, 0.25) is 0 Å². The molecule has 0 atom stereocenters. The van der Waals surface area contributed by atoms with E-state index >= 15 is 0 Å². The summed E-state index contributed by atoms with van der Waals surface area (Å²) in [5, 5.41) is 18.3. The van der Waals surface area contributed by atoms with Crippen LogP contribution in [0.5, 0.6) is 0 Å². The third kappa shape index (κ3) is 5.28. The molecule has 2 aromatic heterocycles. The van der Waals surface area contributed by atoms with Crippen LogP contribution in [0.1, 0.15) is 22.3 Å². The van der Waals surface area contributed by atoms with Gasteiger partial charge in [0, 0.05) is 17.2 Å². The number of carbonyl (C=O) groups is 1. The number of furan rings is 1. The number of alkyl halides is 3. The minimum Gasteiger partial charge on any atom is -0.481 e. The molecule has 4 rings (SSSR count). The number of aliphatic carboxylic acids is 1. The van der Waals surface area contributed by atoms with Crippen molar-refractivity contribution in [2.24, 2.45) is 0 Å². The van der Waals surface area contributed by atoms with Crippen molar-refractivity contribution >= 4 is 5.97 Å². The van der Waals surface area contributed by atoms with Crippen LogP contribution in [0.25, 0.3) is 22.6 Å². The second-order valence-corrected chi connectivity index (χ2v) is 8.03. The molecule has 0 radical (unpaired) electrons. The van der Waals surface area contributed by atoms with Gasteiger partial charge in [0.25, 0.3) is 5.56 Å². The average Bonchev–Trinajstić information content (AvgIpc) is 3.31. The van der Waals surface area contributed by atoms with Crippen LogP contribution >= 0.6 is 0 Å². The topological polar surface area (TPSA) is 96.2 Å². The van der Waals surface area contributed by atoms with Crippen molar-refractivity contribution < 1.29 is 36.3 Å². The molecule has 1 N–H and O–H groups in total. The van der Waals surface area contributed by atoms with E-state index in [1.807, 2.05) is 0 Å². The van der Waals surface area contributed by atoms with Crippen LogP contribution in [0.2, 0.25) is 0 Å². The van der Waals surface area contributed by atoms with Gasteiger partial charge in [-0.05, 0) is 29.3 Å². The van der Waals surface area contributed by atoms with E-state index < -0.39 is 52.7 Å². The molecule has 4 aromatic rings. The number of nitriles is 1. The smallest absolute Gasteiger partial charge is 0.417 e. The van der Waals surface area contributed by atoms with E-state index in [0.29, 0.717) is 28.8 Å². The van der Waals surface area contributed by atoms with Crippen LogP contribution in [-0.2, 0) is 23.9 Å². The van der Waals surface area contributed by atoms with Crippen molar-refractivity contribution in [3.8, 4) is 28.7 Å². The van der Waals surface area contributed by atoms with E-state index in [4.69, 9.17) is 9.52 Å². The zero-order valence-electron chi connectivity index (χ0n) is 18.6. The number of aromatic nitrogens is 1. The lowest BCUT2D eigenvalue weighted by molar-refractivity contribution is -0.138. The van der Waals surface area contributed by atoms with Crippen molar-refractivity contribution in [1.82, 2.24) is 4.57 Å². The summed E-state index contributed by atoms with van der Waals surface area (Å²) in [5.74, 6) is -3.18. The fraction of sp³-hybridized carbons (Fsp3) is 0.115. The highest BCUT2D eigenvalue weighted by Crippen LogP contribution is 2.35. The van der Waals surface area contributed by atoms with E-state index in [0.717, 1.165) is 16.7 Å². The maximum absolute atomic E-state index is 14.3. The van der Waals surface area contributed by atoms with E-state index in [1.165, 1.54) is 18.4 Å². The standard InChI is InChI=1S/C26H15F5N2O4/c27-18-5-4-16(21(28)9-18)12-33-22(10-20(26(29,30)31)19(11-32)25(33)36)23-8-17(13-37-23)15-3-1-2-14(6-15)7-24(34)35/h1-6,8-10,13H,7,12H2,(H,34,35). The van der Waals surface area contributed by atoms with Gasteiger partial charge in [-0.3, -0.25) is 14.2 Å². The lowest BCUT2D eigenvalue weighted by atomic mass is 10.0. The molecule has 0 spiro atoms. The molecule has 0 saturated heterocycles. The maximum Gasteiger partial charge on any atom is 0.417 e. The first kappa shape index (κ1) is 25.4. The van der Waals surface area contributed by atoms with Crippen LogP contribution in [-0.4, -0.2) is 15.6 Å². The number of hydrogen-bond donors (Lipinski definition) is 1. The van der Waals surface area contributed by atoms with Crippen molar-refractivity contribution in [3.05, 3.63) is 105 Å². The Morgan fingerprint density at radius 3 is 2.46 bits per heavy atom. The molecule has 0 fully saturated rings. The van der Waals surface area contributed by atoms with Crippen molar-refractivity contribution in [3.63, 3.8) is 0 Å². The first-order chi connectivity index (χ1) is 17.5. The Bertz CT molecular complexity index is 1610. The zero-order chi connectivity index (χ0) is 26.9. The Hall–Kier alpha value is -4.72. The highest BCUT2D eigenvalue weighted by atomic mass is 19.4. The normalized spacial score (nSPS) is 11.4. The Balaban J connectivity index is 1.89. The van der Waals surface area contributed by atoms with Crippen molar-refractivity contribution in [1.29, 1.82) is 5.26 Å². The van der Waals surface area contributed by atoms with Crippen molar-refractivity contribution in [2.45, 2.75) is 19.1 Å². The Morgan fingerprint density at radius 2 is 1.81 bits per heavy atom.